The lowest BCUT2D eigenvalue weighted by molar-refractivity contribution is -0.384. The van der Waals surface area contributed by atoms with E-state index in [9.17, 15) is 23.3 Å². The average Bonchev–Trinajstić information content (AvgIpc) is 2.70. The van der Waals surface area contributed by atoms with E-state index in [2.05, 4.69) is 5.32 Å². The number of ether oxygens (including phenoxy) is 2. The zero-order chi connectivity index (χ0) is 22.5. The SMILES string of the molecule is CC[C@H](C(=O)Nc1cc([N+](=O)[O-])ccc1OC)N(c1cccc(OC)c1)S(C)(=O)=O. The Morgan fingerprint density at radius 3 is 2.43 bits per heavy atom. The van der Waals surface area contributed by atoms with Crippen molar-refractivity contribution in [2.24, 2.45) is 0 Å². The molecule has 10 nitrogen and oxygen atoms in total. The molecule has 0 fully saturated rings. The molecule has 0 saturated heterocycles. The van der Waals surface area contributed by atoms with Crippen molar-refractivity contribution in [3.63, 3.8) is 0 Å². The van der Waals surface area contributed by atoms with Crippen molar-refractivity contribution in [1.29, 1.82) is 0 Å². The summed E-state index contributed by atoms with van der Waals surface area (Å²) in [4.78, 5) is 23.5. The van der Waals surface area contributed by atoms with E-state index in [1.165, 1.54) is 32.4 Å². The molecule has 1 amide bonds. The number of carbonyl (C=O) groups excluding carboxylic acids is 1. The molecular formula is C19H23N3O7S. The summed E-state index contributed by atoms with van der Waals surface area (Å²) in [6.45, 7) is 1.66. The van der Waals surface area contributed by atoms with Crippen LogP contribution in [0.3, 0.4) is 0 Å². The largest absolute Gasteiger partial charge is 0.497 e. The third kappa shape index (κ3) is 5.17. The van der Waals surface area contributed by atoms with Crippen molar-refractivity contribution in [1.82, 2.24) is 0 Å². The van der Waals surface area contributed by atoms with Crippen LogP contribution in [0.1, 0.15) is 13.3 Å². The summed E-state index contributed by atoms with van der Waals surface area (Å²) in [5.74, 6) is -0.0302. The summed E-state index contributed by atoms with van der Waals surface area (Å²) in [5.41, 5.74) is 0.0750. The van der Waals surface area contributed by atoms with Gasteiger partial charge >= 0.3 is 0 Å². The van der Waals surface area contributed by atoms with E-state index < -0.39 is 26.9 Å². The highest BCUT2D eigenvalue weighted by atomic mass is 32.2. The van der Waals surface area contributed by atoms with Gasteiger partial charge in [-0.3, -0.25) is 19.2 Å². The van der Waals surface area contributed by atoms with E-state index in [-0.39, 0.29) is 29.2 Å². The highest BCUT2D eigenvalue weighted by Crippen LogP contribution is 2.31. The van der Waals surface area contributed by atoms with Crippen molar-refractivity contribution in [3.05, 3.63) is 52.6 Å². The van der Waals surface area contributed by atoms with Crippen LogP contribution in [0.2, 0.25) is 0 Å². The number of nitrogens with zero attached hydrogens (tertiary/aromatic N) is 2. The number of nitro groups is 1. The van der Waals surface area contributed by atoms with E-state index in [4.69, 9.17) is 9.47 Å². The lowest BCUT2D eigenvalue weighted by atomic mass is 10.1. The number of nitro benzene ring substituents is 1. The van der Waals surface area contributed by atoms with Crippen LogP contribution in [0.4, 0.5) is 17.1 Å². The number of non-ortho nitro benzene ring substituents is 1. The number of sulfonamides is 1. The van der Waals surface area contributed by atoms with Crippen molar-refractivity contribution < 1.29 is 27.6 Å². The molecule has 0 radical (unpaired) electrons. The molecule has 1 atom stereocenters. The summed E-state index contributed by atoms with van der Waals surface area (Å²) in [6.07, 6.45) is 1.14. The van der Waals surface area contributed by atoms with Gasteiger partial charge in [0.25, 0.3) is 5.69 Å². The third-order valence-electron chi connectivity index (χ3n) is 4.29. The zero-order valence-corrected chi connectivity index (χ0v) is 17.8. The first-order valence-electron chi connectivity index (χ1n) is 8.89. The maximum atomic E-state index is 13.0. The molecule has 162 valence electrons. The second kappa shape index (κ2) is 9.44. The van der Waals surface area contributed by atoms with Gasteiger partial charge in [-0.2, -0.15) is 0 Å². The Bertz CT molecular complexity index is 1040. The summed E-state index contributed by atoms with van der Waals surface area (Å²) < 4.78 is 36.4. The minimum atomic E-state index is -3.85. The van der Waals surface area contributed by atoms with Gasteiger partial charge in [-0.1, -0.05) is 13.0 Å². The van der Waals surface area contributed by atoms with E-state index in [0.717, 1.165) is 16.6 Å². The number of nitrogens with one attached hydrogen (secondary N) is 1. The number of hydrogen-bond donors (Lipinski definition) is 1. The van der Waals surface area contributed by atoms with Crippen LogP contribution in [0.25, 0.3) is 0 Å². The molecule has 0 saturated carbocycles. The van der Waals surface area contributed by atoms with Gasteiger partial charge in [0.05, 0.1) is 36.8 Å². The molecule has 0 aliphatic heterocycles. The second-order valence-electron chi connectivity index (χ2n) is 6.32. The molecule has 30 heavy (non-hydrogen) atoms. The van der Waals surface area contributed by atoms with Crippen molar-refractivity contribution >= 4 is 33.0 Å². The minimum Gasteiger partial charge on any atom is -0.497 e. The molecule has 2 aromatic carbocycles. The molecule has 0 spiro atoms. The van der Waals surface area contributed by atoms with Crippen LogP contribution in [0.5, 0.6) is 11.5 Å². The standard InChI is InChI=1S/C19H23N3O7S/c1-5-17(21(30(4,26)27)13-7-6-8-15(11-13)28-2)19(23)20-16-12-14(22(24)25)9-10-18(16)29-3/h6-12,17H,5H2,1-4H3,(H,20,23)/t17-/m1/s1. The number of hydrogen-bond acceptors (Lipinski definition) is 7. The number of benzene rings is 2. The molecule has 0 unspecified atom stereocenters. The fraction of sp³-hybridized carbons (Fsp3) is 0.316. The lowest BCUT2D eigenvalue weighted by Gasteiger charge is -2.30. The summed E-state index contributed by atoms with van der Waals surface area (Å²) in [5, 5.41) is 13.6. The Morgan fingerprint density at radius 2 is 1.90 bits per heavy atom. The van der Waals surface area contributed by atoms with Gasteiger partial charge in [-0.15, -0.1) is 0 Å². The minimum absolute atomic E-state index is 0.0641. The first-order valence-corrected chi connectivity index (χ1v) is 10.7. The third-order valence-corrected chi connectivity index (χ3v) is 5.47. The Kier molecular flexibility index (Phi) is 7.22. The van der Waals surface area contributed by atoms with Gasteiger partial charge in [0.2, 0.25) is 15.9 Å². The topological polar surface area (TPSA) is 128 Å². The number of anilines is 2. The molecule has 0 aliphatic rings. The maximum Gasteiger partial charge on any atom is 0.271 e. The van der Waals surface area contributed by atoms with E-state index in [1.54, 1.807) is 25.1 Å². The summed E-state index contributed by atoms with van der Waals surface area (Å²) in [7, 11) is -1.05. The Labute approximate surface area is 174 Å². The van der Waals surface area contributed by atoms with Crippen molar-refractivity contribution in [3.8, 4) is 11.5 Å². The van der Waals surface area contributed by atoms with Gasteiger partial charge in [-0.05, 0) is 24.6 Å². The maximum absolute atomic E-state index is 13.0. The zero-order valence-electron chi connectivity index (χ0n) is 17.0. The van der Waals surface area contributed by atoms with Crippen molar-refractivity contribution in [2.45, 2.75) is 19.4 Å². The predicted octanol–water partition coefficient (Wildman–Crippen LogP) is 2.80. The molecule has 0 bridgehead atoms. The first kappa shape index (κ1) is 22.9. The van der Waals surface area contributed by atoms with Crippen LogP contribution < -0.4 is 19.1 Å². The molecule has 0 heterocycles. The highest BCUT2D eigenvalue weighted by molar-refractivity contribution is 7.92. The van der Waals surface area contributed by atoms with Gasteiger partial charge in [0.1, 0.15) is 17.5 Å². The number of rotatable bonds is 9. The normalized spacial score (nSPS) is 12.0. The predicted molar refractivity (Wildman–Crippen MR) is 113 cm³/mol. The second-order valence-corrected chi connectivity index (χ2v) is 8.17. The van der Waals surface area contributed by atoms with E-state index in [1.807, 2.05) is 0 Å². The number of carbonyl (C=O) groups is 1. The quantitative estimate of drug-likeness (QED) is 0.472. The fourth-order valence-electron chi connectivity index (χ4n) is 2.93. The molecule has 2 aromatic rings. The molecule has 11 heteroatoms. The Hall–Kier alpha value is -3.34. The van der Waals surface area contributed by atoms with Crippen molar-refractivity contribution in [2.75, 3.05) is 30.1 Å². The smallest absolute Gasteiger partial charge is 0.271 e. The van der Waals surface area contributed by atoms with Crippen LogP contribution >= 0.6 is 0 Å². The molecule has 0 aromatic heterocycles. The van der Waals surface area contributed by atoms with E-state index >= 15 is 0 Å². The number of methoxy groups -OCH3 is 2. The van der Waals surface area contributed by atoms with E-state index in [0.29, 0.717) is 5.75 Å². The van der Waals surface area contributed by atoms with Crippen LogP contribution in [-0.2, 0) is 14.8 Å². The van der Waals surface area contributed by atoms with Gasteiger partial charge < -0.3 is 14.8 Å². The first-order chi connectivity index (χ1) is 14.1. The van der Waals surface area contributed by atoms with Gasteiger partial charge in [-0.25, -0.2) is 8.42 Å². The Morgan fingerprint density at radius 1 is 1.20 bits per heavy atom. The monoisotopic (exact) mass is 437 g/mol. The molecular weight excluding hydrogens is 414 g/mol. The molecule has 1 N–H and O–H groups in total. The Balaban J connectivity index is 2.46. The van der Waals surface area contributed by atoms with Gasteiger partial charge in [0, 0.05) is 18.2 Å². The summed E-state index contributed by atoms with van der Waals surface area (Å²) >= 11 is 0. The molecule has 2 rings (SSSR count). The highest BCUT2D eigenvalue weighted by Gasteiger charge is 2.32. The molecule has 0 aliphatic carbocycles. The van der Waals surface area contributed by atoms with Gasteiger partial charge in [0.15, 0.2) is 0 Å². The van der Waals surface area contributed by atoms with Crippen LogP contribution in [-0.4, -0.2) is 45.8 Å². The fourth-order valence-corrected chi connectivity index (χ4v) is 4.13. The van der Waals surface area contributed by atoms with Crippen LogP contribution in [0, 0.1) is 10.1 Å². The number of amides is 1. The summed E-state index contributed by atoms with van der Waals surface area (Å²) in [6, 6.07) is 8.95. The lowest BCUT2D eigenvalue weighted by Crippen LogP contribution is -2.47. The van der Waals surface area contributed by atoms with Crippen LogP contribution in [0.15, 0.2) is 42.5 Å². The average molecular weight is 437 g/mol.